The van der Waals surface area contributed by atoms with Crippen molar-refractivity contribution in [3.63, 3.8) is 0 Å². The zero-order chi connectivity index (χ0) is 11.9. The van der Waals surface area contributed by atoms with Crippen LogP contribution in [-0.4, -0.2) is 24.6 Å². The molecule has 0 amide bonds. The van der Waals surface area contributed by atoms with E-state index in [-0.39, 0.29) is 11.4 Å². The molecule has 0 aliphatic rings. The Kier molecular flexibility index (Phi) is 7.83. The summed E-state index contributed by atoms with van der Waals surface area (Å²) in [5.41, 5.74) is -2.70. The van der Waals surface area contributed by atoms with Crippen LogP contribution in [0.25, 0.3) is 0 Å². The second-order valence-corrected chi connectivity index (χ2v) is 9.06. The summed E-state index contributed by atoms with van der Waals surface area (Å²) in [5, 5.41) is 0. The van der Waals surface area contributed by atoms with E-state index < -0.39 is 5.69 Å². The Morgan fingerprint density at radius 1 is 1.40 bits per heavy atom. The third-order valence-electron chi connectivity index (χ3n) is 1.18. The highest BCUT2D eigenvalue weighted by molar-refractivity contribution is 8.68. The molecule has 0 heterocycles. The minimum Gasteiger partial charge on any atom is -0.451 e. The molecule has 0 rings (SSSR count). The van der Waals surface area contributed by atoms with Crippen LogP contribution in [0.15, 0.2) is 0 Å². The van der Waals surface area contributed by atoms with Crippen LogP contribution in [0.2, 0.25) is 0 Å². The van der Waals surface area contributed by atoms with Crippen LogP contribution in [0.1, 0.15) is 27.7 Å². The van der Waals surface area contributed by atoms with E-state index >= 15 is 0 Å². The number of hydrogen-bond acceptors (Lipinski definition) is 6. The van der Waals surface area contributed by atoms with E-state index in [1.165, 1.54) is 18.3 Å². The van der Waals surface area contributed by atoms with Gasteiger partial charge in [-0.05, 0) is 44.0 Å². The highest BCUT2D eigenvalue weighted by Gasteiger charge is 2.24. The molecule has 0 radical (unpaired) electrons. The maximum atomic E-state index is 10.7. The lowest BCUT2D eigenvalue weighted by Crippen LogP contribution is -2.08. The van der Waals surface area contributed by atoms with Crippen molar-refractivity contribution in [1.29, 1.82) is 0 Å². The summed E-state index contributed by atoms with van der Waals surface area (Å²) in [7, 11) is 0. The Balaban J connectivity index is 4.27. The van der Waals surface area contributed by atoms with Crippen molar-refractivity contribution < 1.29 is 18.6 Å². The molecular formula is C8H17O4PS2. The van der Waals surface area contributed by atoms with Crippen LogP contribution in [0.4, 0.5) is 0 Å². The Bertz CT molecular complexity index is 237. The van der Waals surface area contributed by atoms with Gasteiger partial charge in [-0.15, -0.1) is 0 Å². The van der Waals surface area contributed by atoms with E-state index in [1.807, 2.05) is 13.8 Å². The highest BCUT2D eigenvalue weighted by Crippen LogP contribution is 2.62. The van der Waals surface area contributed by atoms with Crippen molar-refractivity contribution in [2.24, 2.45) is 0 Å². The van der Waals surface area contributed by atoms with E-state index in [0.29, 0.717) is 13.2 Å². The third-order valence-corrected chi connectivity index (χ3v) is 6.69. The minimum atomic E-state index is -2.36. The van der Waals surface area contributed by atoms with Gasteiger partial charge in [-0.1, -0.05) is 0 Å². The molecule has 0 aromatic carbocycles. The first-order chi connectivity index (χ1) is 6.93. The molecular weight excluding hydrogens is 255 g/mol. The van der Waals surface area contributed by atoms with Crippen molar-refractivity contribution in [3.05, 3.63) is 0 Å². The molecule has 0 aliphatic heterocycles. The average molecular weight is 272 g/mol. The topological polar surface area (TPSA) is 44.8 Å². The van der Waals surface area contributed by atoms with Crippen LogP contribution in [0, 0.1) is 0 Å². The second-order valence-electron chi connectivity index (χ2n) is 2.57. The molecule has 4 nitrogen and oxygen atoms in total. The summed E-state index contributed by atoms with van der Waals surface area (Å²) >= 11 is 6.53. The Morgan fingerprint density at radius 3 is 2.20 bits per heavy atom. The summed E-state index contributed by atoms with van der Waals surface area (Å²) in [6.45, 7) is 7.83. The van der Waals surface area contributed by atoms with Gasteiger partial charge >= 0.3 is 5.97 Å². The first kappa shape index (κ1) is 15.4. The van der Waals surface area contributed by atoms with Gasteiger partial charge in [0, 0.05) is 6.92 Å². The lowest BCUT2D eigenvalue weighted by Gasteiger charge is -2.22. The standard InChI is InChI=1S/C8H17O4PS2/c1-5-10-13(14,11-6-2)15-8(4)12-7(3)9/h8H,5-6H2,1-4H3. The van der Waals surface area contributed by atoms with E-state index in [4.69, 9.17) is 25.6 Å². The summed E-state index contributed by atoms with van der Waals surface area (Å²) < 4.78 is 15.8. The number of ether oxygens (including phenoxy) is 1. The summed E-state index contributed by atoms with van der Waals surface area (Å²) in [6, 6.07) is 0. The van der Waals surface area contributed by atoms with Crippen molar-refractivity contribution >= 4 is 34.9 Å². The predicted octanol–water partition coefficient (Wildman–Crippen LogP) is 2.93. The molecule has 0 bridgehead atoms. The smallest absolute Gasteiger partial charge is 0.303 e. The fourth-order valence-electron chi connectivity index (χ4n) is 0.851. The molecule has 90 valence electrons. The van der Waals surface area contributed by atoms with Gasteiger partial charge in [0.2, 0.25) is 0 Å². The molecule has 0 N–H and O–H groups in total. The number of carbonyl (C=O) groups excluding carboxylic acids is 1. The summed E-state index contributed by atoms with van der Waals surface area (Å²) in [4.78, 5) is 10.7. The van der Waals surface area contributed by atoms with Crippen molar-refractivity contribution in [1.82, 2.24) is 0 Å². The SMILES string of the molecule is CCOP(=S)(OCC)SC(C)OC(C)=O. The predicted molar refractivity (Wildman–Crippen MR) is 66.4 cm³/mol. The molecule has 1 unspecified atom stereocenters. The molecule has 0 aliphatic carbocycles. The monoisotopic (exact) mass is 272 g/mol. The van der Waals surface area contributed by atoms with Crippen molar-refractivity contribution in [2.45, 2.75) is 33.1 Å². The molecule has 0 spiro atoms. The van der Waals surface area contributed by atoms with Gasteiger partial charge in [0.25, 0.3) is 5.69 Å². The fourth-order valence-corrected chi connectivity index (χ4v) is 6.16. The molecule has 0 fully saturated rings. The second kappa shape index (κ2) is 7.63. The quantitative estimate of drug-likeness (QED) is 0.403. The van der Waals surface area contributed by atoms with Gasteiger partial charge < -0.3 is 13.8 Å². The van der Waals surface area contributed by atoms with Crippen molar-refractivity contribution in [2.75, 3.05) is 13.2 Å². The highest BCUT2D eigenvalue weighted by atomic mass is 32.9. The molecule has 15 heavy (non-hydrogen) atoms. The normalized spacial score (nSPS) is 13.6. The number of carbonyl (C=O) groups is 1. The zero-order valence-electron chi connectivity index (χ0n) is 9.39. The van der Waals surface area contributed by atoms with Crippen LogP contribution >= 0.6 is 17.1 Å². The number of esters is 1. The summed E-state index contributed by atoms with van der Waals surface area (Å²) in [6.07, 6.45) is 0. The third kappa shape index (κ3) is 7.30. The van der Waals surface area contributed by atoms with Crippen LogP contribution < -0.4 is 0 Å². The van der Waals surface area contributed by atoms with E-state index in [0.717, 1.165) is 0 Å². The fraction of sp³-hybridized carbons (Fsp3) is 0.875. The Labute approximate surface area is 100.0 Å². The Morgan fingerprint density at radius 2 is 1.87 bits per heavy atom. The summed E-state index contributed by atoms with van der Waals surface area (Å²) in [5.74, 6) is -0.329. The molecule has 0 aromatic rings. The number of rotatable bonds is 7. The largest absolute Gasteiger partial charge is 0.451 e. The van der Waals surface area contributed by atoms with Crippen LogP contribution in [-0.2, 0) is 30.4 Å². The first-order valence-electron chi connectivity index (χ1n) is 4.68. The van der Waals surface area contributed by atoms with Crippen LogP contribution in [0.3, 0.4) is 0 Å². The molecule has 1 atom stereocenters. The molecule has 0 aromatic heterocycles. The minimum absolute atomic E-state index is 0.329. The van der Waals surface area contributed by atoms with Crippen LogP contribution in [0.5, 0.6) is 0 Å². The van der Waals surface area contributed by atoms with Crippen molar-refractivity contribution in [3.8, 4) is 0 Å². The average Bonchev–Trinajstić information content (AvgIpc) is 2.01. The Hall–Kier alpha value is 0.390. The van der Waals surface area contributed by atoms with Gasteiger partial charge in [-0.3, -0.25) is 4.79 Å². The molecule has 7 heteroatoms. The van der Waals surface area contributed by atoms with Gasteiger partial charge in [0.05, 0.1) is 13.2 Å². The van der Waals surface area contributed by atoms with E-state index in [1.54, 1.807) is 6.92 Å². The maximum Gasteiger partial charge on any atom is 0.303 e. The lowest BCUT2D eigenvalue weighted by molar-refractivity contribution is -0.141. The van der Waals surface area contributed by atoms with Gasteiger partial charge in [-0.2, -0.15) is 0 Å². The maximum absolute atomic E-state index is 10.7. The number of hydrogen-bond donors (Lipinski definition) is 0. The molecule has 0 saturated heterocycles. The van der Waals surface area contributed by atoms with Gasteiger partial charge in [0.15, 0.2) is 5.44 Å². The van der Waals surface area contributed by atoms with Gasteiger partial charge in [-0.25, -0.2) is 0 Å². The molecule has 0 saturated carbocycles. The van der Waals surface area contributed by atoms with Gasteiger partial charge in [0.1, 0.15) is 0 Å². The lowest BCUT2D eigenvalue weighted by atomic mass is 10.8. The zero-order valence-corrected chi connectivity index (χ0v) is 11.9. The van der Waals surface area contributed by atoms with E-state index in [9.17, 15) is 4.79 Å². The van der Waals surface area contributed by atoms with E-state index in [2.05, 4.69) is 0 Å². The first-order valence-corrected chi connectivity index (χ1v) is 8.80.